The molecule has 0 spiro atoms. The van der Waals surface area contributed by atoms with Crippen molar-refractivity contribution in [2.75, 3.05) is 5.73 Å². The van der Waals surface area contributed by atoms with Crippen molar-refractivity contribution in [3.8, 4) is 0 Å². The fraction of sp³-hybridized carbons (Fsp3) is 0.143. The van der Waals surface area contributed by atoms with Crippen molar-refractivity contribution in [3.05, 3.63) is 62.7 Å². The number of nitro groups is 1. The molecule has 0 radical (unpaired) electrons. The quantitative estimate of drug-likeness (QED) is 0.392. The summed E-state index contributed by atoms with van der Waals surface area (Å²) < 4.78 is 0. The number of aryl methyl sites for hydroxylation is 1. The Morgan fingerprint density at radius 1 is 1.35 bits per heavy atom. The smallest absolute Gasteiger partial charge is 0.270 e. The summed E-state index contributed by atoms with van der Waals surface area (Å²) in [6, 6.07) is 10.4. The Labute approximate surface area is 126 Å². The summed E-state index contributed by atoms with van der Waals surface area (Å²) in [7, 11) is 0. The van der Waals surface area contributed by atoms with E-state index in [-0.39, 0.29) is 5.69 Å². The number of nitrogens with zero attached hydrogens (tertiary/aromatic N) is 1. The van der Waals surface area contributed by atoms with Crippen LogP contribution >= 0.6 is 23.4 Å². The molecule has 0 aromatic heterocycles. The summed E-state index contributed by atoms with van der Waals surface area (Å²) in [5.74, 6) is 0.616. The minimum absolute atomic E-state index is 0.00109. The van der Waals surface area contributed by atoms with E-state index in [2.05, 4.69) is 0 Å². The highest BCUT2D eigenvalue weighted by atomic mass is 35.5. The van der Waals surface area contributed by atoms with Crippen LogP contribution in [0.15, 0.2) is 41.3 Å². The number of hydrogen-bond acceptors (Lipinski definition) is 4. The maximum Gasteiger partial charge on any atom is 0.270 e. The molecule has 2 N–H and O–H groups in total. The third kappa shape index (κ3) is 3.23. The Morgan fingerprint density at radius 2 is 2.10 bits per heavy atom. The van der Waals surface area contributed by atoms with E-state index in [9.17, 15) is 10.1 Å². The molecular weight excluding hydrogens is 296 g/mol. The summed E-state index contributed by atoms with van der Waals surface area (Å²) in [6.45, 7) is 1.96. The van der Waals surface area contributed by atoms with Crippen molar-refractivity contribution < 1.29 is 4.92 Å². The fourth-order valence-electron chi connectivity index (χ4n) is 1.70. The number of nitro benzene ring substituents is 1. The Balaban J connectivity index is 2.15. The number of benzene rings is 2. The molecule has 0 unspecified atom stereocenters. The van der Waals surface area contributed by atoms with Crippen molar-refractivity contribution >= 4 is 34.7 Å². The number of rotatable bonds is 4. The van der Waals surface area contributed by atoms with Gasteiger partial charge in [-0.15, -0.1) is 11.8 Å². The van der Waals surface area contributed by atoms with Crippen molar-refractivity contribution in [2.45, 2.75) is 17.6 Å². The largest absolute Gasteiger partial charge is 0.398 e. The van der Waals surface area contributed by atoms with Crippen LogP contribution in [0.3, 0.4) is 0 Å². The fourth-order valence-corrected chi connectivity index (χ4v) is 3.08. The Bertz CT molecular complexity index is 662. The van der Waals surface area contributed by atoms with Crippen LogP contribution in [0.5, 0.6) is 0 Å². The van der Waals surface area contributed by atoms with E-state index in [0.717, 1.165) is 21.7 Å². The topological polar surface area (TPSA) is 69.2 Å². The lowest BCUT2D eigenvalue weighted by Crippen LogP contribution is -1.93. The van der Waals surface area contributed by atoms with Gasteiger partial charge in [0.25, 0.3) is 5.69 Å². The summed E-state index contributed by atoms with van der Waals surface area (Å²) in [4.78, 5) is 11.2. The first-order valence-corrected chi connectivity index (χ1v) is 7.26. The molecule has 2 rings (SSSR count). The summed E-state index contributed by atoms with van der Waals surface area (Å²) >= 11 is 7.63. The number of hydrogen-bond donors (Lipinski definition) is 1. The highest BCUT2D eigenvalue weighted by Crippen LogP contribution is 2.33. The first-order chi connectivity index (χ1) is 9.49. The standard InChI is InChI=1S/C14H13ClN2O2S/c1-9-3-2-4-13(14(9)16)20-8-10-5-6-11(17(18)19)7-12(10)15/h2-7H,8,16H2,1H3. The first-order valence-electron chi connectivity index (χ1n) is 5.89. The Morgan fingerprint density at radius 3 is 2.75 bits per heavy atom. The molecule has 0 heterocycles. The molecule has 2 aromatic carbocycles. The predicted octanol–water partition coefficient (Wildman–Crippen LogP) is 4.43. The number of anilines is 1. The Hall–Kier alpha value is -1.72. The van der Waals surface area contributed by atoms with Crippen molar-refractivity contribution in [1.29, 1.82) is 0 Å². The molecule has 0 aliphatic rings. The maximum absolute atomic E-state index is 10.7. The molecular formula is C14H13ClN2O2S. The normalized spacial score (nSPS) is 10.5. The molecule has 0 bridgehead atoms. The predicted molar refractivity (Wildman–Crippen MR) is 83.3 cm³/mol. The van der Waals surface area contributed by atoms with E-state index in [0.29, 0.717) is 10.8 Å². The molecule has 0 aliphatic heterocycles. The molecule has 104 valence electrons. The molecule has 0 saturated heterocycles. The second kappa shape index (κ2) is 6.15. The highest BCUT2D eigenvalue weighted by Gasteiger charge is 2.10. The Kier molecular flexibility index (Phi) is 4.52. The third-order valence-corrected chi connectivity index (χ3v) is 4.39. The lowest BCUT2D eigenvalue weighted by atomic mass is 10.2. The van der Waals surface area contributed by atoms with Gasteiger partial charge in [-0.3, -0.25) is 10.1 Å². The second-order valence-electron chi connectivity index (χ2n) is 4.31. The van der Waals surface area contributed by atoms with Gasteiger partial charge in [0.05, 0.1) is 9.95 Å². The molecule has 2 aromatic rings. The minimum atomic E-state index is -0.457. The molecule has 0 aliphatic carbocycles. The van der Waals surface area contributed by atoms with E-state index in [1.165, 1.54) is 12.1 Å². The van der Waals surface area contributed by atoms with Crippen molar-refractivity contribution in [3.63, 3.8) is 0 Å². The SMILES string of the molecule is Cc1cccc(SCc2ccc([N+](=O)[O-])cc2Cl)c1N. The molecule has 6 heteroatoms. The zero-order valence-electron chi connectivity index (χ0n) is 10.8. The van der Waals surface area contributed by atoms with E-state index in [1.54, 1.807) is 17.8 Å². The van der Waals surface area contributed by atoms with Gasteiger partial charge in [-0.05, 0) is 30.2 Å². The number of thioether (sulfide) groups is 1. The number of non-ortho nitro benzene ring substituents is 1. The van der Waals surface area contributed by atoms with E-state index >= 15 is 0 Å². The van der Waals surface area contributed by atoms with Crippen LogP contribution in [0.2, 0.25) is 5.02 Å². The van der Waals surface area contributed by atoms with Gasteiger partial charge in [-0.2, -0.15) is 0 Å². The summed E-state index contributed by atoms with van der Waals surface area (Å²) in [6.07, 6.45) is 0. The van der Waals surface area contributed by atoms with Crippen LogP contribution in [0.1, 0.15) is 11.1 Å². The average molecular weight is 309 g/mol. The first kappa shape index (κ1) is 14.7. The summed E-state index contributed by atoms with van der Waals surface area (Å²) in [5.41, 5.74) is 8.65. The number of nitrogens with two attached hydrogens (primary N) is 1. The van der Waals surface area contributed by atoms with E-state index < -0.39 is 4.92 Å². The van der Waals surface area contributed by atoms with Crippen molar-refractivity contribution in [1.82, 2.24) is 0 Å². The van der Waals surface area contributed by atoms with Gasteiger partial charge in [0.1, 0.15) is 0 Å². The minimum Gasteiger partial charge on any atom is -0.398 e. The monoisotopic (exact) mass is 308 g/mol. The van der Waals surface area contributed by atoms with Gasteiger partial charge in [-0.25, -0.2) is 0 Å². The van der Waals surface area contributed by atoms with Crippen molar-refractivity contribution in [2.24, 2.45) is 0 Å². The molecule has 0 fully saturated rings. The van der Waals surface area contributed by atoms with Gasteiger partial charge in [0.15, 0.2) is 0 Å². The van der Waals surface area contributed by atoms with Crippen LogP contribution in [0.25, 0.3) is 0 Å². The molecule has 0 atom stereocenters. The number of para-hydroxylation sites is 1. The number of nitrogen functional groups attached to an aromatic ring is 1. The molecule has 20 heavy (non-hydrogen) atoms. The van der Waals surface area contributed by atoms with E-state index in [1.807, 2.05) is 25.1 Å². The van der Waals surface area contributed by atoms with Gasteiger partial charge in [0.2, 0.25) is 0 Å². The van der Waals surface area contributed by atoms with Crippen LogP contribution in [0, 0.1) is 17.0 Å². The highest BCUT2D eigenvalue weighted by molar-refractivity contribution is 7.98. The van der Waals surface area contributed by atoms with E-state index in [4.69, 9.17) is 17.3 Å². The van der Waals surface area contributed by atoms with Gasteiger partial charge in [-0.1, -0.05) is 23.7 Å². The van der Waals surface area contributed by atoms with Gasteiger partial charge < -0.3 is 5.73 Å². The molecule has 4 nitrogen and oxygen atoms in total. The lowest BCUT2D eigenvalue weighted by molar-refractivity contribution is -0.384. The molecule has 0 saturated carbocycles. The second-order valence-corrected chi connectivity index (χ2v) is 5.73. The van der Waals surface area contributed by atoms with Gasteiger partial charge >= 0.3 is 0 Å². The zero-order chi connectivity index (χ0) is 14.7. The lowest BCUT2D eigenvalue weighted by Gasteiger charge is -2.08. The molecule has 0 amide bonds. The van der Waals surface area contributed by atoms with Crippen LogP contribution < -0.4 is 5.73 Å². The summed E-state index contributed by atoms with van der Waals surface area (Å²) in [5, 5.41) is 11.1. The van der Waals surface area contributed by atoms with Crippen LogP contribution in [0.4, 0.5) is 11.4 Å². The van der Waals surface area contributed by atoms with Gasteiger partial charge in [0, 0.05) is 28.5 Å². The van der Waals surface area contributed by atoms with Crippen LogP contribution in [-0.2, 0) is 5.75 Å². The zero-order valence-corrected chi connectivity index (χ0v) is 12.4. The number of halogens is 1. The maximum atomic E-state index is 10.7. The third-order valence-electron chi connectivity index (χ3n) is 2.91. The van der Waals surface area contributed by atoms with Crippen LogP contribution in [-0.4, -0.2) is 4.92 Å². The average Bonchev–Trinajstić information content (AvgIpc) is 2.41.